The van der Waals surface area contributed by atoms with Crippen molar-refractivity contribution in [2.24, 2.45) is 0 Å². The van der Waals surface area contributed by atoms with E-state index in [9.17, 15) is 27.6 Å². The van der Waals surface area contributed by atoms with E-state index < -0.39 is 34.6 Å². The standard InChI is InChI=1S/C26H27F3N4O3/c1-17-7-6-10-21(15-17)33-25(36)32(16-18-11-13-19(14-12-18)26(27,28)29)24(35)22(30-33)23(34)31(2)20-8-4-3-5-9-20/h6-7,10-15,20H,3-5,8-9,16H2,1-2H3. The Kier molecular flexibility index (Phi) is 7.14. The SMILES string of the molecule is Cc1cccc(-n2nc(C(=O)N(C)C3CCCCC3)c(=O)n(Cc3ccc(C(F)(F)F)cc3)c2=O)c1. The predicted octanol–water partition coefficient (Wildman–Crippen LogP) is 4.17. The van der Waals surface area contributed by atoms with Crippen LogP contribution in [0.1, 0.15) is 59.3 Å². The van der Waals surface area contributed by atoms with Gasteiger partial charge in [-0.25, -0.2) is 4.79 Å². The van der Waals surface area contributed by atoms with Gasteiger partial charge < -0.3 is 4.90 Å². The second-order valence-corrected chi connectivity index (χ2v) is 9.18. The smallest absolute Gasteiger partial charge is 0.337 e. The molecule has 0 aliphatic heterocycles. The van der Waals surface area contributed by atoms with Gasteiger partial charge in [0.25, 0.3) is 11.5 Å². The van der Waals surface area contributed by atoms with Crippen LogP contribution in [0, 0.1) is 6.92 Å². The Morgan fingerprint density at radius 3 is 2.33 bits per heavy atom. The van der Waals surface area contributed by atoms with Crippen molar-refractivity contribution in [2.45, 2.75) is 57.8 Å². The fourth-order valence-corrected chi connectivity index (χ4v) is 4.50. The minimum Gasteiger partial charge on any atom is -0.337 e. The Bertz CT molecular complexity index is 1370. The van der Waals surface area contributed by atoms with Crippen molar-refractivity contribution < 1.29 is 18.0 Å². The van der Waals surface area contributed by atoms with Crippen LogP contribution in [0.25, 0.3) is 5.69 Å². The minimum atomic E-state index is -4.51. The number of nitrogens with zero attached hydrogens (tertiary/aromatic N) is 4. The number of rotatable bonds is 5. The van der Waals surface area contributed by atoms with E-state index in [2.05, 4.69) is 5.10 Å². The summed E-state index contributed by atoms with van der Waals surface area (Å²) in [6.07, 6.45) is 0.189. The van der Waals surface area contributed by atoms with Gasteiger partial charge >= 0.3 is 11.9 Å². The zero-order valence-electron chi connectivity index (χ0n) is 20.1. The maximum Gasteiger partial charge on any atom is 0.416 e. The van der Waals surface area contributed by atoms with Crippen molar-refractivity contribution in [3.63, 3.8) is 0 Å². The lowest BCUT2D eigenvalue weighted by atomic mass is 9.94. The number of benzene rings is 2. The van der Waals surface area contributed by atoms with Gasteiger partial charge in [-0.05, 0) is 55.2 Å². The van der Waals surface area contributed by atoms with E-state index >= 15 is 0 Å². The van der Waals surface area contributed by atoms with Gasteiger partial charge in [-0.3, -0.25) is 14.2 Å². The van der Waals surface area contributed by atoms with Crippen LogP contribution < -0.4 is 11.2 Å². The molecular formula is C26H27F3N4O3. The molecule has 3 aromatic rings. The highest BCUT2D eigenvalue weighted by Crippen LogP contribution is 2.29. The van der Waals surface area contributed by atoms with Crippen LogP contribution in [-0.2, 0) is 12.7 Å². The molecule has 0 N–H and O–H groups in total. The number of carbonyl (C=O) groups is 1. The molecule has 4 rings (SSSR count). The highest BCUT2D eigenvalue weighted by molar-refractivity contribution is 5.91. The summed E-state index contributed by atoms with van der Waals surface area (Å²) >= 11 is 0. The number of hydrogen-bond acceptors (Lipinski definition) is 4. The van der Waals surface area contributed by atoms with Crippen LogP contribution in [-0.4, -0.2) is 38.2 Å². The van der Waals surface area contributed by atoms with Gasteiger partial charge in [-0.15, -0.1) is 0 Å². The third kappa shape index (κ3) is 5.27. The molecule has 1 aliphatic rings. The molecule has 1 aliphatic carbocycles. The summed E-state index contributed by atoms with van der Waals surface area (Å²) in [4.78, 5) is 41.6. The maximum atomic E-state index is 13.4. The van der Waals surface area contributed by atoms with Crippen LogP contribution in [0.3, 0.4) is 0 Å². The Labute approximate surface area is 205 Å². The third-order valence-corrected chi connectivity index (χ3v) is 6.57. The van der Waals surface area contributed by atoms with E-state index in [4.69, 9.17) is 0 Å². The summed E-state index contributed by atoms with van der Waals surface area (Å²) < 4.78 is 40.7. The molecule has 7 nitrogen and oxygen atoms in total. The maximum absolute atomic E-state index is 13.4. The van der Waals surface area contributed by atoms with Gasteiger partial charge in [0, 0.05) is 13.1 Å². The summed E-state index contributed by atoms with van der Waals surface area (Å²) in [6, 6.07) is 11.1. The van der Waals surface area contributed by atoms with Gasteiger partial charge in [0.05, 0.1) is 17.8 Å². The molecule has 1 heterocycles. The summed E-state index contributed by atoms with van der Waals surface area (Å²) in [5, 5.41) is 4.18. The van der Waals surface area contributed by atoms with Crippen molar-refractivity contribution in [1.82, 2.24) is 19.2 Å². The van der Waals surface area contributed by atoms with Crippen molar-refractivity contribution >= 4 is 5.91 Å². The van der Waals surface area contributed by atoms with Gasteiger partial charge in [-0.2, -0.15) is 23.0 Å². The first-order valence-corrected chi connectivity index (χ1v) is 11.8. The molecule has 0 spiro atoms. The number of aryl methyl sites for hydroxylation is 1. The Balaban J connectivity index is 1.81. The topological polar surface area (TPSA) is 77.2 Å². The molecule has 2 aromatic carbocycles. The highest BCUT2D eigenvalue weighted by Gasteiger charge is 2.30. The minimum absolute atomic E-state index is 0.0323. The van der Waals surface area contributed by atoms with Crippen molar-refractivity contribution in [2.75, 3.05) is 7.05 Å². The molecular weight excluding hydrogens is 473 g/mol. The lowest BCUT2D eigenvalue weighted by molar-refractivity contribution is -0.137. The first-order chi connectivity index (χ1) is 17.1. The Hall–Kier alpha value is -3.69. The molecule has 1 fully saturated rings. The summed E-state index contributed by atoms with van der Waals surface area (Å²) in [5.41, 5.74) is -1.39. The number of carbonyl (C=O) groups excluding carboxylic acids is 1. The predicted molar refractivity (Wildman–Crippen MR) is 128 cm³/mol. The zero-order chi connectivity index (χ0) is 26.0. The quantitative estimate of drug-likeness (QED) is 0.527. The van der Waals surface area contributed by atoms with Crippen LogP contribution in [0.15, 0.2) is 58.1 Å². The molecule has 1 aromatic heterocycles. The van der Waals surface area contributed by atoms with Crippen LogP contribution in [0.2, 0.25) is 0 Å². The molecule has 190 valence electrons. The average Bonchev–Trinajstić information content (AvgIpc) is 2.86. The summed E-state index contributed by atoms with van der Waals surface area (Å²) in [6.45, 7) is 1.52. The molecule has 1 amide bonds. The average molecular weight is 501 g/mol. The lowest BCUT2D eigenvalue weighted by Crippen LogP contribution is -2.48. The molecule has 0 atom stereocenters. The monoisotopic (exact) mass is 500 g/mol. The Morgan fingerprint density at radius 1 is 1.06 bits per heavy atom. The second-order valence-electron chi connectivity index (χ2n) is 9.18. The van der Waals surface area contributed by atoms with E-state index in [0.717, 1.165) is 59.0 Å². The van der Waals surface area contributed by atoms with Crippen molar-refractivity contribution in [3.8, 4) is 5.69 Å². The van der Waals surface area contributed by atoms with Crippen LogP contribution in [0.5, 0.6) is 0 Å². The van der Waals surface area contributed by atoms with Crippen LogP contribution >= 0.6 is 0 Å². The lowest BCUT2D eigenvalue weighted by Gasteiger charge is -2.30. The zero-order valence-corrected chi connectivity index (χ0v) is 20.1. The molecule has 0 saturated heterocycles. The first kappa shape index (κ1) is 25.4. The number of aromatic nitrogens is 3. The summed E-state index contributed by atoms with van der Waals surface area (Å²) in [7, 11) is 1.63. The van der Waals surface area contributed by atoms with E-state index in [1.807, 2.05) is 13.0 Å². The third-order valence-electron chi connectivity index (χ3n) is 6.57. The van der Waals surface area contributed by atoms with E-state index in [-0.39, 0.29) is 12.6 Å². The van der Waals surface area contributed by atoms with E-state index in [1.165, 1.54) is 17.0 Å². The number of alkyl halides is 3. The largest absolute Gasteiger partial charge is 0.416 e. The molecule has 36 heavy (non-hydrogen) atoms. The van der Waals surface area contributed by atoms with Gasteiger partial charge in [-0.1, -0.05) is 43.5 Å². The van der Waals surface area contributed by atoms with Crippen molar-refractivity contribution in [1.29, 1.82) is 0 Å². The summed E-state index contributed by atoms with van der Waals surface area (Å²) in [5.74, 6) is -0.588. The van der Waals surface area contributed by atoms with Gasteiger partial charge in [0.2, 0.25) is 5.69 Å². The van der Waals surface area contributed by atoms with Crippen molar-refractivity contribution in [3.05, 3.63) is 91.8 Å². The molecule has 10 heteroatoms. The molecule has 0 unspecified atom stereocenters. The fraction of sp³-hybridized carbons (Fsp3) is 0.385. The van der Waals surface area contributed by atoms with E-state index in [1.54, 1.807) is 25.2 Å². The van der Waals surface area contributed by atoms with Gasteiger partial charge in [0.15, 0.2) is 0 Å². The number of halogens is 3. The number of amides is 1. The second kappa shape index (κ2) is 10.1. The highest BCUT2D eigenvalue weighted by atomic mass is 19.4. The van der Waals surface area contributed by atoms with E-state index in [0.29, 0.717) is 11.3 Å². The Morgan fingerprint density at radius 2 is 1.72 bits per heavy atom. The normalized spacial score (nSPS) is 14.6. The van der Waals surface area contributed by atoms with Gasteiger partial charge in [0.1, 0.15) is 0 Å². The van der Waals surface area contributed by atoms with Crippen LogP contribution in [0.4, 0.5) is 13.2 Å². The molecule has 1 saturated carbocycles. The first-order valence-electron chi connectivity index (χ1n) is 11.8. The fourth-order valence-electron chi connectivity index (χ4n) is 4.50. The number of hydrogen-bond donors (Lipinski definition) is 0. The molecule has 0 bridgehead atoms. The molecule has 0 radical (unpaired) electrons.